The van der Waals surface area contributed by atoms with Gasteiger partial charge in [-0.1, -0.05) is 0 Å². The molecule has 64 valence electrons. The van der Waals surface area contributed by atoms with Crippen molar-refractivity contribution < 1.29 is 9.90 Å². The Morgan fingerprint density at radius 1 is 1.64 bits per heavy atom. The van der Waals surface area contributed by atoms with Crippen molar-refractivity contribution >= 4 is 17.9 Å². The molecule has 0 saturated carbocycles. The van der Waals surface area contributed by atoms with Gasteiger partial charge in [-0.2, -0.15) is 0 Å². The van der Waals surface area contributed by atoms with Crippen LogP contribution >= 0.6 is 11.8 Å². The molecular weight excluding hydrogens is 168 g/mol. The van der Waals surface area contributed by atoms with Crippen LogP contribution in [0.2, 0.25) is 0 Å². The Balaban J connectivity index is 2.50. The molecule has 1 unspecified atom stereocenters. The maximum atomic E-state index is 10.5. The summed E-state index contributed by atoms with van der Waals surface area (Å²) in [4.78, 5) is 11.9. The summed E-state index contributed by atoms with van der Waals surface area (Å²) >= 11 is 5.70. The number of carbonyl (C=O) groups is 1. The lowest BCUT2D eigenvalue weighted by Gasteiger charge is -2.34. The summed E-state index contributed by atoms with van der Waals surface area (Å²) in [6, 6.07) is -0.00116. The van der Waals surface area contributed by atoms with Crippen LogP contribution in [0.4, 0.5) is 4.79 Å². The maximum Gasteiger partial charge on any atom is 0.407 e. The molecule has 0 radical (unpaired) electrons. The molecule has 1 rings (SSSR count). The Labute approximate surface area is 70.4 Å². The minimum Gasteiger partial charge on any atom is -0.465 e. The smallest absolute Gasteiger partial charge is 0.407 e. The van der Waals surface area contributed by atoms with Crippen LogP contribution in [0.5, 0.6) is 0 Å². The molecule has 1 aliphatic rings. The van der Waals surface area contributed by atoms with E-state index in [4.69, 9.17) is 16.9 Å². The normalized spacial score (nSPS) is 27.1. The number of piperazine rings is 1. The molecule has 1 fully saturated rings. The molecule has 0 aromatic heterocycles. The minimum absolute atomic E-state index is 0.00116. The van der Waals surface area contributed by atoms with Crippen molar-refractivity contribution in [1.29, 1.82) is 0 Å². The van der Waals surface area contributed by atoms with Gasteiger partial charge in [-0.15, -0.1) is 0 Å². The van der Waals surface area contributed by atoms with Gasteiger partial charge in [0.25, 0.3) is 0 Å². The Morgan fingerprint density at radius 3 is 2.73 bits per heavy atom. The lowest BCUT2D eigenvalue weighted by molar-refractivity contribution is 0.100. The highest BCUT2D eigenvalue weighted by Crippen LogP contribution is 2.10. The molecule has 1 saturated heterocycles. The number of halogens is 1. The van der Waals surface area contributed by atoms with E-state index in [1.807, 2.05) is 6.92 Å². The summed E-state index contributed by atoms with van der Waals surface area (Å²) in [5, 5.41) is 8.66. The fourth-order valence-electron chi connectivity index (χ4n) is 1.20. The van der Waals surface area contributed by atoms with Crippen molar-refractivity contribution in [2.75, 3.05) is 19.6 Å². The molecule has 0 spiro atoms. The van der Waals surface area contributed by atoms with Crippen molar-refractivity contribution in [3.8, 4) is 0 Å². The van der Waals surface area contributed by atoms with Gasteiger partial charge in [-0.05, 0) is 18.7 Å². The topological polar surface area (TPSA) is 43.8 Å². The SMILES string of the molecule is CC1CN(Cl)CCN1C(=O)O. The molecule has 11 heavy (non-hydrogen) atoms. The first-order chi connectivity index (χ1) is 5.11. The summed E-state index contributed by atoms with van der Waals surface area (Å²) in [5.74, 6) is 0. The highest BCUT2D eigenvalue weighted by molar-refractivity contribution is 6.13. The molecule has 1 atom stereocenters. The summed E-state index contributed by atoms with van der Waals surface area (Å²) in [5.41, 5.74) is 0. The Bertz CT molecular complexity index is 165. The van der Waals surface area contributed by atoms with Gasteiger partial charge in [0.05, 0.1) is 0 Å². The Morgan fingerprint density at radius 2 is 2.27 bits per heavy atom. The van der Waals surface area contributed by atoms with Gasteiger partial charge in [-0.25, -0.2) is 9.21 Å². The molecule has 4 nitrogen and oxygen atoms in total. The maximum absolute atomic E-state index is 10.5. The van der Waals surface area contributed by atoms with Gasteiger partial charge in [0.1, 0.15) is 0 Å². The molecule has 0 aliphatic carbocycles. The van der Waals surface area contributed by atoms with Crippen LogP contribution < -0.4 is 0 Å². The molecule has 1 amide bonds. The van der Waals surface area contributed by atoms with E-state index in [9.17, 15) is 4.79 Å². The fraction of sp³-hybridized carbons (Fsp3) is 0.833. The molecular formula is C6H11ClN2O2. The van der Waals surface area contributed by atoms with Crippen molar-refractivity contribution in [3.05, 3.63) is 0 Å². The summed E-state index contributed by atoms with van der Waals surface area (Å²) in [6.07, 6.45) is -0.859. The number of rotatable bonds is 0. The molecule has 0 aromatic carbocycles. The van der Waals surface area contributed by atoms with Gasteiger partial charge < -0.3 is 10.0 Å². The van der Waals surface area contributed by atoms with E-state index in [0.29, 0.717) is 19.6 Å². The zero-order valence-electron chi connectivity index (χ0n) is 6.33. The first-order valence-electron chi connectivity index (χ1n) is 3.51. The predicted octanol–water partition coefficient (Wildman–Crippen LogP) is 0.824. The van der Waals surface area contributed by atoms with Crippen LogP contribution in [0.3, 0.4) is 0 Å². The van der Waals surface area contributed by atoms with Gasteiger partial charge in [-0.3, -0.25) is 0 Å². The minimum atomic E-state index is -0.859. The molecule has 0 bridgehead atoms. The van der Waals surface area contributed by atoms with Crippen LogP contribution in [-0.2, 0) is 0 Å². The quantitative estimate of drug-likeness (QED) is 0.559. The average molecular weight is 179 g/mol. The first-order valence-corrected chi connectivity index (χ1v) is 3.85. The largest absolute Gasteiger partial charge is 0.465 e. The van der Waals surface area contributed by atoms with Gasteiger partial charge in [0, 0.05) is 25.7 Å². The Kier molecular flexibility index (Phi) is 2.57. The van der Waals surface area contributed by atoms with E-state index in [2.05, 4.69) is 0 Å². The lowest BCUT2D eigenvalue weighted by atomic mass is 10.2. The second kappa shape index (κ2) is 3.28. The number of hydrogen-bond acceptors (Lipinski definition) is 2. The van der Waals surface area contributed by atoms with Crippen LogP contribution in [0.25, 0.3) is 0 Å². The van der Waals surface area contributed by atoms with Crippen LogP contribution in [0, 0.1) is 0 Å². The van der Waals surface area contributed by atoms with Gasteiger partial charge >= 0.3 is 6.09 Å². The zero-order chi connectivity index (χ0) is 8.43. The zero-order valence-corrected chi connectivity index (χ0v) is 7.08. The van der Waals surface area contributed by atoms with Crippen LogP contribution in [0.1, 0.15) is 6.92 Å². The van der Waals surface area contributed by atoms with Crippen molar-refractivity contribution in [2.24, 2.45) is 0 Å². The van der Waals surface area contributed by atoms with E-state index >= 15 is 0 Å². The van der Waals surface area contributed by atoms with Crippen LogP contribution in [-0.4, -0.2) is 46.2 Å². The summed E-state index contributed by atoms with van der Waals surface area (Å²) in [6.45, 7) is 3.56. The van der Waals surface area contributed by atoms with E-state index in [1.165, 1.54) is 4.90 Å². The summed E-state index contributed by atoms with van der Waals surface area (Å²) < 4.78 is 1.62. The van der Waals surface area contributed by atoms with Crippen molar-refractivity contribution in [1.82, 2.24) is 9.32 Å². The number of nitrogens with zero attached hydrogens (tertiary/aromatic N) is 2. The number of hydrogen-bond donors (Lipinski definition) is 1. The van der Waals surface area contributed by atoms with Gasteiger partial charge in [0.15, 0.2) is 0 Å². The molecule has 1 aliphatic heterocycles. The van der Waals surface area contributed by atoms with E-state index in [0.717, 1.165) is 0 Å². The first kappa shape index (κ1) is 8.62. The third kappa shape index (κ3) is 1.97. The van der Waals surface area contributed by atoms with E-state index in [1.54, 1.807) is 4.42 Å². The number of amides is 1. The third-order valence-corrected chi connectivity index (χ3v) is 2.13. The second-order valence-electron chi connectivity index (χ2n) is 2.69. The fourth-order valence-corrected chi connectivity index (χ4v) is 1.47. The molecule has 0 aromatic rings. The third-order valence-electron chi connectivity index (χ3n) is 1.82. The lowest BCUT2D eigenvalue weighted by Crippen LogP contribution is -2.50. The summed E-state index contributed by atoms with van der Waals surface area (Å²) in [7, 11) is 0. The van der Waals surface area contributed by atoms with Crippen molar-refractivity contribution in [2.45, 2.75) is 13.0 Å². The van der Waals surface area contributed by atoms with E-state index < -0.39 is 6.09 Å². The standard InChI is InChI=1S/C6H11ClN2O2/c1-5-4-8(7)2-3-9(5)6(10)11/h5H,2-4H2,1H3,(H,10,11). The van der Waals surface area contributed by atoms with Crippen LogP contribution in [0.15, 0.2) is 0 Å². The predicted molar refractivity (Wildman–Crippen MR) is 41.6 cm³/mol. The second-order valence-corrected chi connectivity index (χ2v) is 3.17. The molecule has 1 heterocycles. The average Bonchev–Trinajstić information content (AvgIpc) is 1.85. The van der Waals surface area contributed by atoms with E-state index in [-0.39, 0.29) is 6.04 Å². The highest BCUT2D eigenvalue weighted by Gasteiger charge is 2.25. The van der Waals surface area contributed by atoms with Gasteiger partial charge in [0.2, 0.25) is 0 Å². The number of carboxylic acid groups (broad SMARTS) is 1. The monoisotopic (exact) mass is 178 g/mol. The Hall–Kier alpha value is -0.480. The van der Waals surface area contributed by atoms with Crippen molar-refractivity contribution in [3.63, 3.8) is 0 Å². The molecule has 5 heteroatoms. The highest BCUT2D eigenvalue weighted by atomic mass is 35.5. The molecule has 1 N–H and O–H groups in total.